The maximum atomic E-state index is 15.2. The maximum Gasteiger partial charge on any atom is 0.432 e. The van der Waals surface area contributed by atoms with Crippen LogP contribution in [0.5, 0.6) is 5.75 Å². The lowest BCUT2D eigenvalue weighted by molar-refractivity contribution is -0.206. The number of alkyl halides is 2. The van der Waals surface area contributed by atoms with Crippen molar-refractivity contribution in [2.24, 2.45) is 5.92 Å². The van der Waals surface area contributed by atoms with Gasteiger partial charge in [0.1, 0.15) is 34.6 Å². The van der Waals surface area contributed by atoms with Gasteiger partial charge in [-0.05, 0) is 53.4 Å². The fraction of sp³-hybridized carbons (Fsp3) is 0.294. The first-order valence-corrected chi connectivity index (χ1v) is 14.6. The van der Waals surface area contributed by atoms with Crippen LogP contribution in [0, 0.1) is 29.2 Å². The summed E-state index contributed by atoms with van der Waals surface area (Å²) >= 11 is 5.53. The van der Waals surface area contributed by atoms with Crippen LogP contribution in [0.2, 0.25) is 5.02 Å². The third-order valence-corrected chi connectivity index (χ3v) is 7.76. The summed E-state index contributed by atoms with van der Waals surface area (Å²) in [5, 5.41) is -0.345. The minimum absolute atomic E-state index is 0.198. The van der Waals surface area contributed by atoms with Crippen molar-refractivity contribution in [2.45, 2.75) is 45.0 Å². The first-order chi connectivity index (χ1) is 21.1. The second kappa shape index (κ2) is 13.6. The van der Waals surface area contributed by atoms with E-state index in [1.807, 2.05) is 12.1 Å². The molecule has 1 saturated heterocycles. The lowest BCUT2D eigenvalue weighted by atomic mass is 9.97. The molecule has 4 aromatic rings. The van der Waals surface area contributed by atoms with Crippen molar-refractivity contribution < 1.29 is 40.6 Å². The minimum atomic E-state index is -4.51. The molecule has 5 rings (SSSR count). The number of halogens is 7. The van der Waals surface area contributed by atoms with Crippen LogP contribution in [-0.4, -0.2) is 13.2 Å². The molecule has 3 nitrogen and oxygen atoms in total. The van der Waals surface area contributed by atoms with Gasteiger partial charge in [-0.3, -0.25) is 0 Å². The van der Waals surface area contributed by atoms with E-state index in [1.165, 1.54) is 18.6 Å². The van der Waals surface area contributed by atoms with Gasteiger partial charge in [-0.2, -0.15) is 8.78 Å². The van der Waals surface area contributed by atoms with Gasteiger partial charge in [0.15, 0.2) is 6.29 Å². The summed E-state index contributed by atoms with van der Waals surface area (Å²) in [4.78, 5) is 0. The van der Waals surface area contributed by atoms with Crippen LogP contribution in [0.25, 0.3) is 22.3 Å². The molecule has 10 heteroatoms. The molecular weight excluding hydrogens is 606 g/mol. The summed E-state index contributed by atoms with van der Waals surface area (Å²) in [5.74, 6) is -5.52. The molecular formula is C34H29ClF6O3. The highest BCUT2D eigenvalue weighted by Gasteiger charge is 2.41. The van der Waals surface area contributed by atoms with E-state index < -0.39 is 47.0 Å². The maximum absolute atomic E-state index is 15.2. The Morgan fingerprint density at radius 2 is 1.39 bits per heavy atom. The lowest BCUT2D eigenvalue weighted by Crippen LogP contribution is -2.27. The highest BCUT2D eigenvalue weighted by Crippen LogP contribution is 2.38. The molecule has 1 fully saturated rings. The van der Waals surface area contributed by atoms with E-state index in [1.54, 1.807) is 18.2 Å². The molecule has 0 bridgehead atoms. The Morgan fingerprint density at radius 3 is 2.00 bits per heavy atom. The van der Waals surface area contributed by atoms with Crippen molar-refractivity contribution in [3.05, 3.63) is 112 Å². The molecule has 44 heavy (non-hydrogen) atoms. The number of rotatable bonds is 10. The first kappa shape index (κ1) is 31.9. The van der Waals surface area contributed by atoms with Crippen LogP contribution in [0.1, 0.15) is 50.0 Å². The summed E-state index contributed by atoms with van der Waals surface area (Å²) < 4.78 is 104. The molecule has 232 valence electrons. The van der Waals surface area contributed by atoms with E-state index in [-0.39, 0.29) is 16.1 Å². The van der Waals surface area contributed by atoms with Crippen LogP contribution >= 0.6 is 11.6 Å². The van der Waals surface area contributed by atoms with Gasteiger partial charge in [-0.15, -0.1) is 0 Å². The Bertz CT molecular complexity index is 1580. The molecule has 0 aromatic heterocycles. The Kier molecular flexibility index (Phi) is 9.87. The molecule has 0 spiro atoms. The lowest BCUT2D eigenvalue weighted by Gasteiger charge is -2.29. The summed E-state index contributed by atoms with van der Waals surface area (Å²) in [6, 6.07) is 14.9. The number of unbranched alkanes of at least 4 members (excludes halogenated alkanes) is 2. The number of benzene rings is 4. The Morgan fingerprint density at radius 1 is 0.750 bits per heavy atom. The first-order valence-electron chi connectivity index (χ1n) is 14.2. The number of hydrogen-bond acceptors (Lipinski definition) is 3. The van der Waals surface area contributed by atoms with Crippen molar-refractivity contribution in [1.82, 2.24) is 0 Å². The number of hydrogen-bond donors (Lipinski definition) is 0. The smallest absolute Gasteiger partial charge is 0.429 e. The SMILES string of the molecule is CCCCCC1COC(c2ccc(-c3ccc(-c4cc(F)c(C(F)(F)Oc5ccc(Cl)c(F)c5)c(F)c4)c(F)c3)cc2)OC1. The standard InChI is InChI=1S/C34H29ClF6O3/c1-2-3-4-5-20-18-42-33(43-19-20)22-8-6-21(7-9-22)23-10-12-26(28(36)14-23)24-15-30(38)32(31(39)16-24)34(40,41)44-25-11-13-27(35)29(37)17-25/h6-17,20,33H,2-5,18-19H2,1H3. The minimum Gasteiger partial charge on any atom is -0.429 e. The van der Waals surface area contributed by atoms with Crippen LogP contribution in [0.4, 0.5) is 26.3 Å². The molecule has 0 N–H and O–H groups in total. The zero-order valence-electron chi connectivity index (χ0n) is 23.7. The molecule has 1 aliphatic rings. The molecule has 1 heterocycles. The monoisotopic (exact) mass is 634 g/mol. The zero-order chi connectivity index (χ0) is 31.4. The van der Waals surface area contributed by atoms with Gasteiger partial charge in [0.25, 0.3) is 0 Å². The van der Waals surface area contributed by atoms with Gasteiger partial charge >= 0.3 is 6.11 Å². The fourth-order valence-electron chi connectivity index (χ4n) is 5.09. The fourth-order valence-corrected chi connectivity index (χ4v) is 5.21. The van der Waals surface area contributed by atoms with E-state index in [0.717, 1.165) is 37.0 Å². The molecule has 0 unspecified atom stereocenters. The highest BCUT2D eigenvalue weighted by molar-refractivity contribution is 6.30. The van der Waals surface area contributed by atoms with Crippen molar-refractivity contribution >= 4 is 11.6 Å². The molecule has 1 aliphatic heterocycles. The predicted molar refractivity (Wildman–Crippen MR) is 155 cm³/mol. The van der Waals surface area contributed by atoms with E-state index >= 15 is 4.39 Å². The molecule has 0 atom stereocenters. The van der Waals surface area contributed by atoms with E-state index in [0.29, 0.717) is 48.5 Å². The van der Waals surface area contributed by atoms with Crippen molar-refractivity contribution in [1.29, 1.82) is 0 Å². The third kappa shape index (κ3) is 7.22. The average molecular weight is 635 g/mol. The Balaban J connectivity index is 1.29. The molecule has 0 radical (unpaired) electrons. The van der Waals surface area contributed by atoms with E-state index in [4.69, 9.17) is 21.1 Å². The van der Waals surface area contributed by atoms with E-state index in [9.17, 15) is 22.0 Å². The van der Waals surface area contributed by atoms with Crippen molar-refractivity contribution in [3.63, 3.8) is 0 Å². The van der Waals surface area contributed by atoms with E-state index in [2.05, 4.69) is 11.7 Å². The molecule has 0 amide bonds. The summed E-state index contributed by atoms with van der Waals surface area (Å²) in [6.45, 7) is 3.41. The Hall–Kier alpha value is -3.53. The summed E-state index contributed by atoms with van der Waals surface area (Å²) in [7, 11) is 0. The van der Waals surface area contributed by atoms with Gasteiger partial charge in [0.2, 0.25) is 0 Å². The molecule has 4 aromatic carbocycles. The summed E-state index contributed by atoms with van der Waals surface area (Å²) in [6.07, 6.45) is -0.425. The van der Waals surface area contributed by atoms with Crippen molar-refractivity contribution in [3.8, 4) is 28.0 Å². The van der Waals surface area contributed by atoms with Gasteiger partial charge in [0.05, 0.1) is 18.2 Å². The van der Waals surface area contributed by atoms with Crippen LogP contribution in [0.3, 0.4) is 0 Å². The highest BCUT2D eigenvalue weighted by atomic mass is 35.5. The van der Waals surface area contributed by atoms with Gasteiger partial charge < -0.3 is 14.2 Å². The number of ether oxygens (including phenoxy) is 3. The zero-order valence-corrected chi connectivity index (χ0v) is 24.5. The predicted octanol–water partition coefficient (Wildman–Crippen LogP) is 10.6. The van der Waals surface area contributed by atoms with Gasteiger partial charge in [-0.25, -0.2) is 17.6 Å². The van der Waals surface area contributed by atoms with Gasteiger partial charge in [-0.1, -0.05) is 74.2 Å². The van der Waals surface area contributed by atoms with Crippen molar-refractivity contribution in [2.75, 3.05) is 13.2 Å². The second-order valence-electron chi connectivity index (χ2n) is 10.7. The second-order valence-corrected chi connectivity index (χ2v) is 11.1. The summed E-state index contributed by atoms with van der Waals surface area (Å²) in [5.41, 5.74) is -0.201. The molecule has 0 aliphatic carbocycles. The van der Waals surface area contributed by atoms with Gasteiger partial charge in [0, 0.05) is 23.1 Å². The molecule has 0 saturated carbocycles. The van der Waals surface area contributed by atoms with Crippen LogP contribution < -0.4 is 4.74 Å². The normalized spacial score (nSPS) is 17.1. The van der Waals surface area contributed by atoms with Crippen LogP contribution in [-0.2, 0) is 15.6 Å². The quantitative estimate of drug-likeness (QED) is 0.128. The largest absolute Gasteiger partial charge is 0.432 e. The average Bonchev–Trinajstić information content (AvgIpc) is 2.99. The van der Waals surface area contributed by atoms with Crippen LogP contribution in [0.15, 0.2) is 72.8 Å². The topological polar surface area (TPSA) is 27.7 Å². The third-order valence-electron chi connectivity index (χ3n) is 7.45. The Labute approximate surface area is 256 Å².